The molecule has 0 spiro atoms. The summed E-state index contributed by atoms with van der Waals surface area (Å²) in [5.41, 5.74) is 13.5. The fraction of sp³-hybridized carbons (Fsp3) is 0.294. The molecule has 0 saturated carbocycles. The van der Waals surface area contributed by atoms with Crippen LogP contribution in [-0.2, 0) is 23.7 Å². The summed E-state index contributed by atoms with van der Waals surface area (Å²) in [5.74, 6) is -1.29. The summed E-state index contributed by atoms with van der Waals surface area (Å²) in [4.78, 5) is 7.33. The number of nitriles is 2. The van der Waals surface area contributed by atoms with Crippen molar-refractivity contribution in [2.24, 2.45) is 0 Å². The maximum absolute atomic E-state index is 14.1. The van der Waals surface area contributed by atoms with Gasteiger partial charge in [0.2, 0.25) is 0 Å². The zero-order chi connectivity index (χ0) is 33.1. The van der Waals surface area contributed by atoms with Gasteiger partial charge in [-0.25, -0.2) is 18.7 Å². The van der Waals surface area contributed by atoms with Crippen LogP contribution in [0, 0.1) is 34.3 Å². The Bertz CT molecular complexity index is 1840. The average Bonchev–Trinajstić information content (AvgIpc) is 3.49. The van der Waals surface area contributed by atoms with Gasteiger partial charge in [-0.05, 0) is 83.0 Å². The summed E-state index contributed by atoms with van der Waals surface area (Å²) >= 11 is 16.6. The van der Waals surface area contributed by atoms with Gasteiger partial charge in [0.25, 0.3) is 0 Å². The molecule has 2 aliphatic rings. The largest absolute Gasteiger partial charge is 0.398 e. The van der Waals surface area contributed by atoms with E-state index in [2.05, 4.69) is 61.2 Å². The van der Waals surface area contributed by atoms with E-state index < -0.39 is 11.6 Å². The van der Waals surface area contributed by atoms with Crippen molar-refractivity contribution in [3.63, 3.8) is 0 Å². The number of benzene rings is 2. The number of halogens is 5. The Morgan fingerprint density at radius 3 is 1.84 bits per heavy atom. The first kappa shape index (κ1) is 33.9. The molecule has 0 atom stereocenters. The van der Waals surface area contributed by atoms with E-state index in [1.54, 1.807) is 6.07 Å². The lowest BCUT2D eigenvalue weighted by Gasteiger charge is -2.19. The minimum absolute atomic E-state index is 0.000642. The van der Waals surface area contributed by atoms with Gasteiger partial charge in [-0.1, -0.05) is 86.8 Å². The van der Waals surface area contributed by atoms with Crippen molar-refractivity contribution in [3.05, 3.63) is 109 Å². The van der Waals surface area contributed by atoms with Crippen molar-refractivity contribution in [1.82, 2.24) is 9.97 Å². The molecule has 6 rings (SSSR count). The molecule has 2 aromatic carbocycles. The predicted octanol–water partition coefficient (Wildman–Crippen LogP) is 9.60. The topological polar surface area (TPSA) is 111 Å². The summed E-state index contributed by atoms with van der Waals surface area (Å²) in [7, 11) is 0. The Kier molecular flexibility index (Phi) is 10.2. The summed E-state index contributed by atoms with van der Waals surface area (Å²) in [5, 5.41) is 19.8. The van der Waals surface area contributed by atoms with Gasteiger partial charge < -0.3 is 11.1 Å². The number of aromatic nitrogens is 2. The van der Waals surface area contributed by atoms with Gasteiger partial charge in [0.05, 0.1) is 11.1 Å². The van der Waals surface area contributed by atoms with E-state index in [-0.39, 0.29) is 37.8 Å². The zero-order valence-corrected chi connectivity index (χ0v) is 27.5. The van der Waals surface area contributed by atoms with E-state index in [1.807, 2.05) is 24.3 Å². The van der Waals surface area contributed by atoms with E-state index in [0.717, 1.165) is 42.8 Å². The molecule has 4 aromatic rings. The Labute approximate surface area is 276 Å². The smallest absolute Gasteiger partial charge is 0.168 e. The van der Waals surface area contributed by atoms with Gasteiger partial charge in [0, 0.05) is 11.4 Å². The van der Waals surface area contributed by atoms with Crippen LogP contribution < -0.4 is 11.1 Å². The van der Waals surface area contributed by atoms with Gasteiger partial charge in [-0.15, -0.1) is 0 Å². The molecule has 3 N–H and O–H groups in total. The van der Waals surface area contributed by atoms with Crippen molar-refractivity contribution < 1.29 is 8.78 Å². The minimum Gasteiger partial charge on any atom is -0.398 e. The maximum Gasteiger partial charge on any atom is 0.168 e. The number of hydrogen-bond acceptors (Lipinski definition) is 6. The predicted molar refractivity (Wildman–Crippen MR) is 176 cm³/mol. The molecule has 232 valence electrons. The summed E-state index contributed by atoms with van der Waals surface area (Å²) in [6, 6.07) is 17.8. The number of nitrogen functional groups attached to an aromatic ring is 1. The van der Waals surface area contributed by atoms with Gasteiger partial charge in [0.1, 0.15) is 22.4 Å². The highest BCUT2D eigenvalue weighted by molar-refractivity contribution is 6.33. The monoisotopic (exact) mass is 666 g/mol. The van der Waals surface area contributed by atoms with Crippen molar-refractivity contribution in [2.45, 2.75) is 64.2 Å². The summed E-state index contributed by atoms with van der Waals surface area (Å²) < 4.78 is 26.6. The Morgan fingerprint density at radius 1 is 0.756 bits per heavy atom. The van der Waals surface area contributed by atoms with Crippen molar-refractivity contribution in [3.8, 4) is 12.1 Å². The van der Waals surface area contributed by atoms with E-state index in [0.29, 0.717) is 5.41 Å². The van der Waals surface area contributed by atoms with Crippen LogP contribution in [0.2, 0.25) is 15.5 Å². The quantitative estimate of drug-likeness (QED) is 0.163. The Balaban J connectivity index is 0.000000169. The third-order valence-corrected chi connectivity index (χ3v) is 9.00. The van der Waals surface area contributed by atoms with Gasteiger partial charge in [-0.2, -0.15) is 10.5 Å². The molecule has 0 aliphatic heterocycles. The lowest BCUT2D eigenvalue weighted by molar-refractivity contribution is 0.522. The molecule has 0 fully saturated rings. The first-order chi connectivity index (χ1) is 21.2. The van der Waals surface area contributed by atoms with Crippen LogP contribution in [0.3, 0.4) is 0 Å². The SMILES string of the molecule is CC1(C)CCc2c(N)cccc21.CC1(C)CCc2c(Nc3nc(Cl)c(C#N)cc3F)cccc21.N#Cc1cc(F)c(Cl)nc1Cl. The average molecular weight is 668 g/mol. The third kappa shape index (κ3) is 7.48. The standard InChI is InChI=1S/C17H15ClFN3.C11H15N.C6HCl2FN2/c1-17(2)7-6-11-12(17)4-3-5-14(11)21-16-13(19)8-10(9-20)15(18)22-16;1-11(2)7-6-8-9(11)4-3-5-10(8)12;7-5-3(2-10)1-4(9)6(8)11-5/h3-5,8H,6-7H2,1-2H3,(H,21,22);3-5H,6-7,12H2,1-2H3;1H. The van der Waals surface area contributed by atoms with Crippen molar-refractivity contribution in [1.29, 1.82) is 10.5 Å². The van der Waals surface area contributed by atoms with E-state index >= 15 is 0 Å². The molecule has 6 nitrogen and oxygen atoms in total. The van der Waals surface area contributed by atoms with Crippen LogP contribution in [0.25, 0.3) is 0 Å². The normalized spacial score (nSPS) is 14.8. The summed E-state index contributed by atoms with van der Waals surface area (Å²) in [6.45, 7) is 9.00. The van der Waals surface area contributed by atoms with E-state index in [9.17, 15) is 8.78 Å². The molecule has 0 bridgehead atoms. The fourth-order valence-corrected chi connectivity index (χ4v) is 6.10. The number of anilines is 3. The summed E-state index contributed by atoms with van der Waals surface area (Å²) in [6.07, 6.45) is 4.38. The van der Waals surface area contributed by atoms with Crippen LogP contribution in [-0.4, -0.2) is 9.97 Å². The number of hydrogen-bond donors (Lipinski definition) is 2. The fourth-order valence-electron chi connectivity index (χ4n) is 5.55. The Morgan fingerprint density at radius 2 is 1.27 bits per heavy atom. The number of fused-ring (bicyclic) bond motifs is 2. The Hall–Kier alpha value is -3.95. The molecule has 2 heterocycles. The van der Waals surface area contributed by atoms with Crippen LogP contribution >= 0.6 is 34.8 Å². The molecule has 0 saturated heterocycles. The maximum atomic E-state index is 14.1. The second-order valence-corrected chi connectivity index (χ2v) is 13.2. The molecule has 2 aliphatic carbocycles. The first-order valence-electron chi connectivity index (χ1n) is 14.1. The van der Waals surface area contributed by atoms with Gasteiger partial charge in [0.15, 0.2) is 22.6 Å². The number of nitrogens with one attached hydrogen (secondary N) is 1. The number of nitrogens with two attached hydrogens (primary N) is 1. The van der Waals surface area contributed by atoms with E-state index in [1.165, 1.54) is 28.7 Å². The van der Waals surface area contributed by atoms with Crippen molar-refractivity contribution >= 4 is 52.0 Å². The van der Waals surface area contributed by atoms with Crippen LogP contribution in [0.4, 0.5) is 26.0 Å². The van der Waals surface area contributed by atoms with Crippen LogP contribution in [0.15, 0.2) is 48.5 Å². The molecule has 2 aromatic heterocycles. The molecule has 0 radical (unpaired) electrons. The highest BCUT2D eigenvalue weighted by Gasteiger charge is 2.32. The third-order valence-electron chi connectivity index (χ3n) is 8.16. The molecular weight excluding hydrogens is 637 g/mol. The van der Waals surface area contributed by atoms with E-state index in [4.69, 9.17) is 51.1 Å². The lowest BCUT2D eigenvalue weighted by atomic mass is 9.86. The second-order valence-electron chi connectivity index (χ2n) is 12.1. The van der Waals surface area contributed by atoms with Gasteiger partial charge in [-0.3, -0.25) is 0 Å². The van der Waals surface area contributed by atoms with Crippen LogP contribution in [0.1, 0.15) is 73.9 Å². The van der Waals surface area contributed by atoms with Gasteiger partial charge >= 0.3 is 0 Å². The number of rotatable bonds is 2. The number of nitrogens with zero attached hydrogens (tertiary/aromatic N) is 4. The molecule has 0 unspecified atom stereocenters. The zero-order valence-electron chi connectivity index (χ0n) is 25.2. The molecule has 45 heavy (non-hydrogen) atoms. The minimum atomic E-state index is -0.743. The van der Waals surface area contributed by atoms with Crippen LogP contribution in [0.5, 0.6) is 0 Å². The molecular formula is C34H31Cl3F2N6. The molecule has 11 heteroatoms. The highest BCUT2D eigenvalue weighted by Crippen LogP contribution is 2.42. The van der Waals surface area contributed by atoms with Crippen molar-refractivity contribution in [2.75, 3.05) is 11.1 Å². The second kappa shape index (κ2) is 13.6. The lowest BCUT2D eigenvalue weighted by Crippen LogP contribution is -2.11. The highest BCUT2D eigenvalue weighted by atomic mass is 35.5. The molecule has 0 amide bonds. The first-order valence-corrected chi connectivity index (χ1v) is 15.3. The number of pyridine rings is 2.